The van der Waals surface area contributed by atoms with Crippen molar-refractivity contribution in [3.63, 3.8) is 0 Å². The van der Waals surface area contributed by atoms with E-state index in [1.165, 1.54) is 17.9 Å². The van der Waals surface area contributed by atoms with E-state index in [-0.39, 0.29) is 46.3 Å². The van der Waals surface area contributed by atoms with E-state index in [4.69, 9.17) is 12.4 Å². The molecular weight excluding hydrogens is 669 g/mol. The third-order valence-electron chi connectivity index (χ3n) is 8.16. The second-order valence-corrected chi connectivity index (χ2v) is 12.5. The molecular formula is C31H40BF4N7O5S. The van der Waals surface area contributed by atoms with Gasteiger partial charge in [-0.2, -0.15) is 18.2 Å². The molecule has 18 heteroatoms. The number of ether oxygens (including phenoxy) is 1. The number of anilines is 1. The average molecular weight is 710 g/mol. The van der Waals surface area contributed by atoms with Gasteiger partial charge in [0.25, 0.3) is 11.8 Å². The monoisotopic (exact) mass is 709 g/mol. The van der Waals surface area contributed by atoms with Gasteiger partial charge in [-0.3, -0.25) is 14.4 Å². The third-order valence-corrected chi connectivity index (χ3v) is 9.44. The van der Waals surface area contributed by atoms with E-state index < -0.39 is 42.5 Å². The van der Waals surface area contributed by atoms with Gasteiger partial charge in [0.15, 0.2) is 0 Å². The summed E-state index contributed by atoms with van der Waals surface area (Å²) in [5.74, 6) is -4.56. The normalized spacial score (nSPS) is 20.2. The Labute approximate surface area is 286 Å². The lowest BCUT2D eigenvalue weighted by molar-refractivity contribution is -0.225. The van der Waals surface area contributed by atoms with Crippen molar-refractivity contribution in [2.75, 3.05) is 12.4 Å². The predicted molar refractivity (Wildman–Crippen MR) is 177 cm³/mol. The molecule has 1 aliphatic heterocycles. The maximum atomic E-state index is 15.7. The number of halogens is 4. The molecule has 4 unspecified atom stereocenters. The van der Waals surface area contributed by atoms with Gasteiger partial charge < -0.3 is 30.1 Å². The SMILES string of the molecule is CC.[B]C(O)(O)Oc1nn(C)cc1C(=O)NCc1nc(-c2sc3c(NC4CC(CC)N(C)C(CC)C4F)cccc3c2CC(F)(F)F)no1. The number of alkyl halides is 4. The number of thiophene rings is 1. The van der Waals surface area contributed by atoms with Crippen LogP contribution in [0.25, 0.3) is 20.8 Å². The van der Waals surface area contributed by atoms with E-state index in [1.807, 2.05) is 34.7 Å². The van der Waals surface area contributed by atoms with Gasteiger partial charge in [-0.15, -0.1) is 16.4 Å². The zero-order valence-corrected chi connectivity index (χ0v) is 28.8. The summed E-state index contributed by atoms with van der Waals surface area (Å²) in [5.41, 5.74) is 0.269. The smallest absolute Gasteiger partial charge is 0.393 e. The molecule has 1 aromatic carbocycles. The van der Waals surface area contributed by atoms with Crippen molar-refractivity contribution < 1.29 is 41.8 Å². The molecule has 1 aliphatic rings. The van der Waals surface area contributed by atoms with Crippen LogP contribution < -0.4 is 15.4 Å². The highest BCUT2D eigenvalue weighted by molar-refractivity contribution is 7.23. The van der Waals surface area contributed by atoms with E-state index in [0.29, 0.717) is 28.6 Å². The average Bonchev–Trinajstić information content (AvgIpc) is 3.74. The molecule has 12 nitrogen and oxygen atoms in total. The Morgan fingerprint density at radius 3 is 2.55 bits per heavy atom. The fourth-order valence-corrected chi connectivity index (χ4v) is 7.23. The van der Waals surface area contributed by atoms with Crippen LogP contribution in [0.3, 0.4) is 0 Å². The largest absolute Gasteiger partial charge is 0.429 e. The number of nitrogens with one attached hydrogen (secondary N) is 2. The first-order valence-corrected chi connectivity index (χ1v) is 16.7. The number of hydrogen-bond donors (Lipinski definition) is 4. The molecule has 5 rings (SSSR count). The highest BCUT2D eigenvalue weighted by Gasteiger charge is 2.41. The van der Waals surface area contributed by atoms with Crippen molar-refractivity contribution in [2.24, 2.45) is 7.05 Å². The summed E-state index contributed by atoms with van der Waals surface area (Å²) in [4.78, 5) is 19.2. The zero-order chi connectivity index (χ0) is 36.3. The van der Waals surface area contributed by atoms with E-state index >= 15 is 4.39 Å². The first-order chi connectivity index (χ1) is 23.1. The van der Waals surface area contributed by atoms with Crippen LogP contribution in [-0.2, 0) is 20.0 Å². The molecule has 0 spiro atoms. The Balaban J connectivity index is 0.00000265. The van der Waals surface area contributed by atoms with Crippen LogP contribution >= 0.6 is 11.3 Å². The van der Waals surface area contributed by atoms with Crippen LogP contribution in [0, 0.1) is 0 Å². The molecule has 4 heterocycles. The molecule has 4 atom stereocenters. The lowest BCUT2D eigenvalue weighted by atomic mass is 9.87. The number of piperidine rings is 1. The van der Waals surface area contributed by atoms with Crippen LogP contribution in [0.2, 0.25) is 0 Å². The summed E-state index contributed by atoms with van der Waals surface area (Å²) >= 11 is 1.04. The first-order valence-electron chi connectivity index (χ1n) is 15.9. The molecule has 1 amide bonds. The Hall–Kier alpha value is -3.74. The maximum absolute atomic E-state index is 15.7. The van der Waals surface area contributed by atoms with Crippen LogP contribution in [0.5, 0.6) is 5.88 Å². The minimum Gasteiger partial charge on any atom is -0.429 e. The second-order valence-electron chi connectivity index (χ2n) is 11.5. The lowest BCUT2D eigenvalue weighted by Gasteiger charge is -2.45. The van der Waals surface area contributed by atoms with Crippen molar-refractivity contribution in [1.29, 1.82) is 0 Å². The molecule has 1 saturated heterocycles. The van der Waals surface area contributed by atoms with Crippen LogP contribution in [0.1, 0.15) is 68.8 Å². The van der Waals surface area contributed by atoms with Gasteiger partial charge in [-0.05, 0) is 43.3 Å². The molecule has 1 fully saturated rings. The fraction of sp³-hybridized carbons (Fsp3) is 0.548. The van der Waals surface area contributed by atoms with Gasteiger partial charge in [-0.1, -0.05) is 45.0 Å². The van der Waals surface area contributed by atoms with Gasteiger partial charge >= 0.3 is 6.18 Å². The summed E-state index contributed by atoms with van der Waals surface area (Å²) in [6, 6.07) is 4.26. The quantitative estimate of drug-likeness (QED) is 0.0963. The summed E-state index contributed by atoms with van der Waals surface area (Å²) in [6.07, 6.45) is -3.78. The van der Waals surface area contributed by atoms with Crippen molar-refractivity contribution in [3.05, 3.63) is 41.4 Å². The van der Waals surface area contributed by atoms with Gasteiger partial charge in [0.05, 0.1) is 34.3 Å². The number of likely N-dealkylation sites (tertiary alicyclic amines) is 1. The van der Waals surface area contributed by atoms with E-state index in [2.05, 4.69) is 35.5 Å². The number of nitrogens with zero attached hydrogens (tertiary/aromatic N) is 5. The van der Waals surface area contributed by atoms with Crippen molar-refractivity contribution in [2.45, 2.75) is 96.3 Å². The maximum Gasteiger partial charge on any atom is 0.393 e. The molecule has 3 aromatic heterocycles. The number of aromatic nitrogens is 4. The molecule has 2 radical (unpaired) electrons. The van der Waals surface area contributed by atoms with E-state index in [1.54, 1.807) is 18.2 Å². The van der Waals surface area contributed by atoms with Crippen LogP contribution in [0.15, 0.2) is 28.9 Å². The number of aliphatic hydroxyl groups is 2. The van der Waals surface area contributed by atoms with Gasteiger partial charge in [0.1, 0.15) is 11.7 Å². The molecule has 4 aromatic rings. The van der Waals surface area contributed by atoms with Crippen molar-refractivity contribution >= 4 is 40.9 Å². The Kier molecular flexibility index (Phi) is 12.0. The summed E-state index contributed by atoms with van der Waals surface area (Å²) in [5, 5.41) is 32.5. The second kappa shape index (κ2) is 15.4. The number of fused-ring (bicyclic) bond motifs is 1. The Morgan fingerprint density at radius 2 is 1.92 bits per heavy atom. The Morgan fingerprint density at radius 1 is 1.20 bits per heavy atom. The number of aryl methyl sites for hydroxylation is 1. The van der Waals surface area contributed by atoms with Gasteiger partial charge in [0, 0.05) is 25.3 Å². The predicted octanol–water partition coefficient (Wildman–Crippen LogP) is 4.90. The van der Waals surface area contributed by atoms with Crippen molar-refractivity contribution in [1.82, 2.24) is 30.1 Å². The number of benzene rings is 1. The van der Waals surface area contributed by atoms with Crippen LogP contribution in [0.4, 0.5) is 23.2 Å². The first kappa shape index (κ1) is 38.1. The number of carbonyl (C=O) groups excluding carboxylic acids is 1. The summed E-state index contributed by atoms with van der Waals surface area (Å²) < 4.78 is 68.9. The van der Waals surface area contributed by atoms with Crippen molar-refractivity contribution in [3.8, 4) is 16.6 Å². The minimum atomic E-state index is -4.55. The van der Waals surface area contributed by atoms with Gasteiger partial charge in [0.2, 0.25) is 25.4 Å². The van der Waals surface area contributed by atoms with Crippen LogP contribution in [-0.4, -0.2) is 92.2 Å². The number of amides is 1. The minimum absolute atomic E-state index is 0.0500. The molecule has 0 saturated carbocycles. The highest BCUT2D eigenvalue weighted by atomic mass is 32.1. The lowest BCUT2D eigenvalue weighted by Crippen LogP contribution is -2.57. The van der Waals surface area contributed by atoms with E-state index in [0.717, 1.165) is 17.8 Å². The van der Waals surface area contributed by atoms with E-state index in [9.17, 15) is 28.2 Å². The highest BCUT2D eigenvalue weighted by Crippen LogP contribution is 2.44. The molecule has 0 bridgehead atoms. The molecule has 266 valence electrons. The standard InChI is InChI=1S/C29H34BF4N7O5S.C2H6/c1-5-14-10-19(22(31)20(6-2)41(14)4)36-18-9-7-8-15-16(11-28(32,33)34)24(47-23(15)18)25-37-21(46-39-25)12-35-26(42)17-13-40(3)38-27(17)45-29(30,43)44;1-2/h7-9,13-14,19-20,22,36,43-44H,5-6,10-12H2,1-4H3,(H,35,42);1-2H3. The zero-order valence-electron chi connectivity index (χ0n) is 28.0. The number of hydrogen-bond acceptors (Lipinski definition) is 11. The fourth-order valence-electron chi connectivity index (χ4n) is 6.01. The summed E-state index contributed by atoms with van der Waals surface area (Å²) in [7, 11) is 8.40. The van der Waals surface area contributed by atoms with Gasteiger partial charge in [-0.25, -0.2) is 4.39 Å². The summed E-state index contributed by atoms with van der Waals surface area (Å²) in [6.45, 7) is 7.65. The molecule has 4 N–H and O–H groups in total. The number of carbonyl (C=O) groups is 1. The Bertz CT molecular complexity index is 1720. The third kappa shape index (κ3) is 8.90. The topological polar surface area (TPSA) is 151 Å². The number of rotatable bonds is 11. The molecule has 0 aliphatic carbocycles. The molecule has 49 heavy (non-hydrogen) atoms.